The van der Waals surface area contributed by atoms with E-state index in [2.05, 4.69) is 16.3 Å². The van der Waals surface area contributed by atoms with E-state index in [1.165, 1.54) is 18.7 Å². The Morgan fingerprint density at radius 2 is 2.18 bits per heavy atom. The quantitative estimate of drug-likeness (QED) is 0.768. The molecule has 0 aliphatic heterocycles. The van der Waals surface area contributed by atoms with Gasteiger partial charge in [-0.15, -0.1) is 11.3 Å². The molecule has 0 spiro atoms. The Bertz CT molecular complexity index is 877. The summed E-state index contributed by atoms with van der Waals surface area (Å²) in [6, 6.07) is 5.23. The molecule has 2 heterocycles. The Hall–Kier alpha value is -2.60. The second-order valence-corrected chi connectivity index (χ2v) is 5.73. The number of hydrogen-bond acceptors (Lipinski definition) is 4. The molecule has 0 amide bonds. The van der Waals surface area contributed by atoms with Crippen molar-refractivity contribution >= 4 is 40.4 Å². The summed E-state index contributed by atoms with van der Waals surface area (Å²) in [6.07, 6.45) is 3.88. The number of nitrogens with zero attached hydrogens (tertiary/aromatic N) is 1. The molecule has 3 aromatic rings. The number of thiophene rings is 1. The number of nitrogens with one attached hydrogen (secondary N) is 1. The molecular formula is C16H14N2O3S. The van der Waals surface area contributed by atoms with Gasteiger partial charge in [-0.1, -0.05) is 0 Å². The molecule has 0 aliphatic carbocycles. The van der Waals surface area contributed by atoms with Crippen LogP contribution < -0.4 is 4.74 Å². The van der Waals surface area contributed by atoms with Crippen LogP contribution in [0.4, 0.5) is 0 Å². The number of rotatable bonds is 4. The van der Waals surface area contributed by atoms with Crippen LogP contribution in [0.1, 0.15) is 26.5 Å². The number of aromatic carboxylic acids is 1. The maximum absolute atomic E-state index is 11.3. The van der Waals surface area contributed by atoms with Gasteiger partial charge in [-0.05, 0) is 48.2 Å². The van der Waals surface area contributed by atoms with Crippen LogP contribution >= 0.6 is 11.3 Å². The fourth-order valence-corrected chi connectivity index (χ4v) is 3.14. The molecule has 2 N–H and O–H groups in total. The Kier molecular flexibility index (Phi) is 3.68. The molecule has 6 heteroatoms. The van der Waals surface area contributed by atoms with Gasteiger partial charge < -0.3 is 9.84 Å². The number of carboxylic acids is 1. The van der Waals surface area contributed by atoms with E-state index >= 15 is 0 Å². The molecule has 22 heavy (non-hydrogen) atoms. The Morgan fingerprint density at radius 1 is 1.36 bits per heavy atom. The van der Waals surface area contributed by atoms with Gasteiger partial charge in [0, 0.05) is 4.88 Å². The highest BCUT2D eigenvalue weighted by Crippen LogP contribution is 2.32. The lowest BCUT2D eigenvalue weighted by molar-refractivity contribution is 0.0693. The first-order valence-electron chi connectivity index (χ1n) is 6.62. The molecule has 0 atom stereocenters. The number of aryl methyl sites for hydroxylation is 1. The average molecular weight is 314 g/mol. The maximum Gasteiger partial charge on any atom is 0.339 e. The summed E-state index contributed by atoms with van der Waals surface area (Å²) in [7, 11) is 1.46. The van der Waals surface area contributed by atoms with Gasteiger partial charge >= 0.3 is 5.97 Å². The zero-order chi connectivity index (χ0) is 15.7. The summed E-state index contributed by atoms with van der Waals surface area (Å²) in [5, 5.41) is 19.1. The number of ether oxygens (including phenoxy) is 1. The van der Waals surface area contributed by atoms with Gasteiger partial charge in [0.05, 0.1) is 23.7 Å². The van der Waals surface area contributed by atoms with Crippen molar-refractivity contribution in [3.63, 3.8) is 0 Å². The number of methoxy groups -OCH3 is 1. The Balaban J connectivity index is 2.14. The molecule has 0 aliphatic rings. The van der Waals surface area contributed by atoms with E-state index in [4.69, 9.17) is 4.74 Å². The average Bonchev–Trinajstić information content (AvgIpc) is 3.10. The van der Waals surface area contributed by atoms with Crippen LogP contribution in [0.25, 0.3) is 23.1 Å². The first-order chi connectivity index (χ1) is 10.6. The smallest absolute Gasteiger partial charge is 0.339 e. The van der Waals surface area contributed by atoms with Gasteiger partial charge in [0.15, 0.2) is 0 Å². The molecule has 2 aromatic heterocycles. The highest BCUT2D eigenvalue weighted by atomic mass is 32.1. The predicted molar refractivity (Wildman–Crippen MR) is 87.6 cm³/mol. The second-order valence-electron chi connectivity index (χ2n) is 4.78. The van der Waals surface area contributed by atoms with Crippen molar-refractivity contribution < 1.29 is 14.6 Å². The van der Waals surface area contributed by atoms with Crippen molar-refractivity contribution in [3.8, 4) is 5.75 Å². The number of fused-ring (bicyclic) bond motifs is 1. The molecule has 0 unspecified atom stereocenters. The SMILES string of the molecule is COc1c(C(=O)O)ccc2n[nH]c(C=Cc3sccc3C)c12. The van der Waals surface area contributed by atoms with Crippen LogP contribution in [0, 0.1) is 6.92 Å². The molecule has 1 aromatic carbocycles. The summed E-state index contributed by atoms with van der Waals surface area (Å²) < 4.78 is 5.31. The van der Waals surface area contributed by atoms with Crippen LogP contribution in [0.2, 0.25) is 0 Å². The zero-order valence-corrected chi connectivity index (χ0v) is 12.9. The Labute approximate surface area is 130 Å². The van der Waals surface area contributed by atoms with E-state index in [-0.39, 0.29) is 5.56 Å². The van der Waals surface area contributed by atoms with Crippen molar-refractivity contribution in [1.82, 2.24) is 10.2 Å². The lowest BCUT2D eigenvalue weighted by Gasteiger charge is -2.06. The van der Waals surface area contributed by atoms with Crippen molar-refractivity contribution in [1.29, 1.82) is 0 Å². The number of hydrogen-bond donors (Lipinski definition) is 2. The van der Waals surface area contributed by atoms with Crippen LogP contribution in [-0.2, 0) is 0 Å². The number of aromatic nitrogens is 2. The maximum atomic E-state index is 11.3. The molecule has 0 bridgehead atoms. The van der Waals surface area contributed by atoms with Crippen molar-refractivity contribution in [2.75, 3.05) is 7.11 Å². The highest BCUT2D eigenvalue weighted by molar-refractivity contribution is 7.11. The van der Waals surface area contributed by atoms with E-state index in [1.54, 1.807) is 17.4 Å². The van der Waals surface area contributed by atoms with E-state index < -0.39 is 5.97 Å². The van der Waals surface area contributed by atoms with Crippen molar-refractivity contribution in [3.05, 3.63) is 45.3 Å². The molecule has 0 fully saturated rings. The van der Waals surface area contributed by atoms with Gasteiger partial charge in [0.25, 0.3) is 0 Å². The minimum atomic E-state index is -1.02. The van der Waals surface area contributed by atoms with Crippen LogP contribution in [-0.4, -0.2) is 28.4 Å². The molecular weight excluding hydrogens is 300 g/mol. The fraction of sp³-hybridized carbons (Fsp3) is 0.125. The number of benzene rings is 1. The zero-order valence-electron chi connectivity index (χ0n) is 12.1. The van der Waals surface area contributed by atoms with E-state index in [0.717, 1.165) is 10.6 Å². The topological polar surface area (TPSA) is 75.2 Å². The number of aromatic amines is 1. The highest BCUT2D eigenvalue weighted by Gasteiger charge is 2.17. The van der Waals surface area contributed by atoms with Crippen molar-refractivity contribution in [2.24, 2.45) is 0 Å². The van der Waals surface area contributed by atoms with Crippen LogP contribution in [0.15, 0.2) is 23.6 Å². The van der Waals surface area contributed by atoms with Gasteiger partial charge in [-0.25, -0.2) is 4.79 Å². The molecule has 5 nitrogen and oxygen atoms in total. The second kappa shape index (κ2) is 5.65. The summed E-state index contributed by atoms with van der Waals surface area (Å²) in [4.78, 5) is 12.5. The van der Waals surface area contributed by atoms with E-state index in [1.807, 2.05) is 24.5 Å². The summed E-state index contributed by atoms with van der Waals surface area (Å²) >= 11 is 1.65. The summed E-state index contributed by atoms with van der Waals surface area (Å²) in [5.74, 6) is -0.703. The minimum absolute atomic E-state index is 0.123. The van der Waals surface area contributed by atoms with E-state index in [0.29, 0.717) is 16.7 Å². The van der Waals surface area contributed by atoms with Crippen LogP contribution in [0.5, 0.6) is 5.75 Å². The third-order valence-corrected chi connectivity index (χ3v) is 4.42. The summed E-state index contributed by atoms with van der Waals surface area (Å²) in [5.41, 5.74) is 2.72. The largest absolute Gasteiger partial charge is 0.495 e. The van der Waals surface area contributed by atoms with Gasteiger partial charge in [-0.2, -0.15) is 5.10 Å². The third kappa shape index (κ3) is 2.37. The predicted octanol–water partition coefficient (Wildman–Crippen LogP) is 3.81. The molecule has 0 saturated carbocycles. The minimum Gasteiger partial charge on any atom is -0.495 e. The Morgan fingerprint density at radius 3 is 2.82 bits per heavy atom. The monoisotopic (exact) mass is 314 g/mol. The lowest BCUT2D eigenvalue weighted by atomic mass is 10.1. The first kappa shape index (κ1) is 14.3. The number of carbonyl (C=O) groups is 1. The normalized spacial score (nSPS) is 11.4. The van der Waals surface area contributed by atoms with Gasteiger partial charge in [0.2, 0.25) is 0 Å². The fourth-order valence-electron chi connectivity index (χ4n) is 2.32. The molecule has 112 valence electrons. The summed E-state index contributed by atoms with van der Waals surface area (Å²) in [6.45, 7) is 2.05. The number of H-pyrrole nitrogens is 1. The lowest BCUT2D eigenvalue weighted by Crippen LogP contribution is -2.00. The van der Waals surface area contributed by atoms with Gasteiger partial charge in [-0.3, -0.25) is 5.10 Å². The van der Waals surface area contributed by atoms with Gasteiger partial charge in [0.1, 0.15) is 11.3 Å². The van der Waals surface area contributed by atoms with Crippen LogP contribution in [0.3, 0.4) is 0 Å². The first-order valence-corrected chi connectivity index (χ1v) is 7.50. The van der Waals surface area contributed by atoms with E-state index in [9.17, 15) is 9.90 Å². The molecule has 0 radical (unpaired) electrons. The number of carboxylic acid groups (broad SMARTS) is 1. The third-order valence-electron chi connectivity index (χ3n) is 3.44. The van der Waals surface area contributed by atoms with Crippen molar-refractivity contribution in [2.45, 2.75) is 6.92 Å². The molecule has 0 saturated heterocycles. The molecule has 3 rings (SSSR count). The standard InChI is InChI=1S/C16H14N2O3S/c1-9-7-8-22-13(9)6-5-12-14-11(17-18-12)4-3-10(16(19)20)15(14)21-2/h3-8H,1-2H3,(H,17,18)(H,19,20).